The summed E-state index contributed by atoms with van der Waals surface area (Å²) in [6.07, 6.45) is 0. The number of aryl methyl sites for hydroxylation is 1. The van der Waals surface area contributed by atoms with Crippen molar-refractivity contribution in [3.8, 4) is 16.3 Å². The summed E-state index contributed by atoms with van der Waals surface area (Å²) < 4.78 is 6.27. The standard InChI is InChI=1S/C16H13NO3S/c1-10-5-7-11(8-6-10)16-17-15-12(20-9-14(18)19)3-2-4-13(15)21-16/h2-8H,9H2,1H3,(H,18,19). The first kappa shape index (κ1) is 13.6. The molecular formula is C16H13NO3S. The van der Waals surface area contributed by atoms with E-state index < -0.39 is 5.97 Å². The highest BCUT2D eigenvalue weighted by molar-refractivity contribution is 7.21. The van der Waals surface area contributed by atoms with Gasteiger partial charge in [-0.05, 0) is 19.1 Å². The molecule has 4 nitrogen and oxygen atoms in total. The number of thiazole rings is 1. The number of fused-ring (bicyclic) bond motifs is 1. The molecular weight excluding hydrogens is 286 g/mol. The largest absolute Gasteiger partial charge is 0.480 e. The van der Waals surface area contributed by atoms with Gasteiger partial charge >= 0.3 is 5.97 Å². The third-order valence-corrected chi connectivity index (χ3v) is 4.10. The number of rotatable bonds is 4. The number of hydrogen-bond donors (Lipinski definition) is 1. The zero-order chi connectivity index (χ0) is 14.8. The topological polar surface area (TPSA) is 59.4 Å². The molecule has 1 N–H and O–H groups in total. The normalized spacial score (nSPS) is 10.7. The Morgan fingerprint density at radius 2 is 2.00 bits per heavy atom. The van der Waals surface area contributed by atoms with Gasteiger partial charge in [0.1, 0.15) is 16.3 Å². The van der Waals surface area contributed by atoms with Crippen LogP contribution in [0.5, 0.6) is 5.75 Å². The minimum atomic E-state index is -0.999. The van der Waals surface area contributed by atoms with E-state index >= 15 is 0 Å². The van der Waals surface area contributed by atoms with Gasteiger partial charge in [0.2, 0.25) is 0 Å². The Kier molecular flexibility index (Phi) is 3.58. The van der Waals surface area contributed by atoms with Gasteiger partial charge in [-0.2, -0.15) is 0 Å². The molecule has 0 aliphatic carbocycles. The van der Waals surface area contributed by atoms with Crippen LogP contribution in [0, 0.1) is 6.92 Å². The fourth-order valence-electron chi connectivity index (χ4n) is 2.00. The highest BCUT2D eigenvalue weighted by Gasteiger charge is 2.11. The number of ether oxygens (including phenoxy) is 1. The van der Waals surface area contributed by atoms with Crippen molar-refractivity contribution in [3.63, 3.8) is 0 Å². The van der Waals surface area contributed by atoms with Crippen LogP contribution < -0.4 is 4.74 Å². The van der Waals surface area contributed by atoms with Gasteiger partial charge in [-0.3, -0.25) is 0 Å². The molecule has 0 radical (unpaired) electrons. The quantitative estimate of drug-likeness (QED) is 0.797. The number of carboxylic acid groups (broad SMARTS) is 1. The molecule has 0 saturated heterocycles. The molecule has 0 spiro atoms. The minimum absolute atomic E-state index is 0.365. The van der Waals surface area contributed by atoms with Gasteiger partial charge in [0.05, 0.1) is 4.70 Å². The van der Waals surface area contributed by atoms with Crippen LogP contribution in [-0.2, 0) is 4.79 Å². The first-order valence-corrected chi connectivity index (χ1v) is 7.26. The Morgan fingerprint density at radius 1 is 1.24 bits per heavy atom. The number of hydrogen-bond acceptors (Lipinski definition) is 4. The third kappa shape index (κ3) is 2.87. The summed E-state index contributed by atoms with van der Waals surface area (Å²) in [5.74, 6) is -0.495. The highest BCUT2D eigenvalue weighted by atomic mass is 32.1. The number of para-hydroxylation sites is 1. The van der Waals surface area contributed by atoms with E-state index in [1.165, 1.54) is 5.56 Å². The Morgan fingerprint density at radius 3 is 2.71 bits per heavy atom. The lowest BCUT2D eigenvalue weighted by Crippen LogP contribution is -2.09. The fourth-order valence-corrected chi connectivity index (χ4v) is 2.99. The van der Waals surface area contributed by atoms with E-state index in [4.69, 9.17) is 9.84 Å². The molecule has 3 rings (SSSR count). The van der Waals surface area contributed by atoms with Crippen molar-refractivity contribution >= 4 is 27.5 Å². The molecule has 2 aromatic carbocycles. The predicted molar refractivity (Wildman–Crippen MR) is 82.9 cm³/mol. The van der Waals surface area contributed by atoms with Crippen molar-refractivity contribution in [2.75, 3.05) is 6.61 Å². The summed E-state index contributed by atoms with van der Waals surface area (Å²) >= 11 is 1.57. The highest BCUT2D eigenvalue weighted by Crippen LogP contribution is 2.34. The van der Waals surface area contributed by atoms with E-state index in [2.05, 4.69) is 4.98 Å². The van der Waals surface area contributed by atoms with E-state index in [-0.39, 0.29) is 6.61 Å². The molecule has 0 aliphatic heterocycles. The maximum Gasteiger partial charge on any atom is 0.341 e. The van der Waals surface area contributed by atoms with E-state index in [1.807, 2.05) is 43.3 Å². The maximum absolute atomic E-state index is 10.6. The van der Waals surface area contributed by atoms with Crippen molar-refractivity contribution < 1.29 is 14.6 Å². The lowest BCUT2D eigenvalue weighted by Gasteiger charge is -2.02. The van der Waals surface area contributed by atoms with Crippen LogP contribution in [0.3, 0.4) is 0 Å². The second-order valence-corrected chi connectivity index (χ2v) is 5.70. The smallest absolute Gasteiger partial charge is 0.341 e. The van der Waals surface area contributed by atoms with Crippen LogP contribution in [0.1, 0.15) is 5.56 Å². The first-order chi connectivity index (χ1) is 10.1. The van der Waals surface area contributed by atoms with Gasteiger partial charge in [0.25, 0.3) is 0 Å². The minimum Gasteiger partial charge on any atom is -0.480 e. The molecule has 1 heterocycles. The Balaban J connectivity index is 2.01. The van der Waals surface area contributed by atoms with E-state index in [1.54, 1.807) is 17.4 Å². The number of carboxylic acids is 1. The summed E-state index contributed by atoms with van der Waals surface area (Å²) in [5.41, 5.74) is 2.95. The van der Waals surface area contributed by atoms with Crippen molar-refractivity contribution in [1.29, 1.82) is 0 Å². The lowest BCUT2D eigenvalue weighted by atomic mass is 10.2. The molecule has 0 unspecified atom stereocenters. The summed E-state index contributed by atoms with van der Waals surface area (Å²) in [6, 6.07) is 13.7. The van der Waals surface area contributed by atoms with Crippen molar-refractivity contribution in [1.82, 2.24) is 4.98 Å². The zero-order valence-electron chi connectivity index (χ0n) is 11.4. The number of benzene rings is 2. The SMILES string of the molecule is Cc1ccc(-c2nc3c(OCC(=O)O)cccc3s2)cc1. The second-order valence-electron chi connectivity index (χ2n) is 4.67. The summed E-state index contributed by atoms with van der Waals surface area (Å²) in [7, 11) is 0. The number of aromatic nitrogens is 1. The monoisotopic (exact) mass is 299 g/mol. The first-order valence-electron chi connectivity index (χ1n) is 6.44. The molecule has 1 aromatic heterocycles. The number of aliphatic carboxylic acids is 1. The van der Waals surface area contributed by atoms with Crippen LogP contribution in [0.4, 0.5) is 0 Å². The van der Waals surface area contributed by atoms with Gasteiger partial charge in [0.15, 0.2) is 6.61 Å². The van der Waals surface area contributed by atoms with Crippen LogP contribution in [0.25, 0.3) is 20.8 Å². The maximum atomic E-state index is 10.6. The molecule has 5 heteroatoms. The predicted octanol–water partition coefficient (Wildman–Crippen LogP) is 3.74. The summed E-state index contributed by atoms with van der Waals surface area (Å²) in [6.45, 7) is 1.68. The van der Waals surface area contributed by atoms with Crippen molar-refractivity contribution in [2.45, 2.75) is 6.92 Å². The summed E-state index contributed by atoms with van der Waals surface area (Å²) in [5, 5.41) is 9.61. The van der Waals surface area contributed by atoms with Crippen LogP contribution >= 0.6 is 11.3 Å². The van der Waals surface area contributed by atoms with Gasteiger partial charge < -0.3 is 9.84 Å². The van der Waals surface area contributed by atoms with Crippen molar-refractivity contribution in [2.24, 2.45) is 0 Å². The lowest BCUT2D eigenvalue weighted by molar-refractivity contribution is -0.139. The summed E-state index contributed by atoms with van der Waals surface area (Å²) in [4.78, 5) is 15.2. The Hall–Kier alpha value is -2.40. The average Bonchev–Trinajstić information content (AvgIpc) is 2.90. The molecule has 106 valence electrons. The van der Waals surface area contributed by atoms with Gasteiger partial charge in [0, 0.05) is 5.56 Å². The molecule has 0 saturated carbocycles. The number of carbonyl (C=O) groups is 1. The molecule has 21 heavy (non-hydrogen) atoms. The Bertz CT molecular complexity index is 793. The molecule has 0 bridgehead atoms. The molecule has 0 aliphatic rings. The van der Waals surface area contributed by atoms with Gasteiger partial charge in [-0.25, -0.2) is 9.78 Å². The average molecular weight is 299 g/mol. The van der Waals surface area contributed by atoms with Crippen LogP contribution in [0.2, 0.25) is 0 Å². The van der Waals surface area contributed by atoms with Crippen LogP contribution in [0.15, 0.2) is 42.5 Å². The van der Waals surface area contributed by atoms with Gasteiger partial charge in [-0.15, -0.1) is 11.3 Å². The molecule has 0 amide bonds. The third-order valence-electron chi connectivity index (χ3n) is 3.03. The second kappa shape index (κ2) is 5.54. The van der Waals surface area contributed by atoms with Gasteiger partial charge in [-0.1, -0.05) is 35.9 Å². The van der Waals surface area contributed by atoms with Crippen LogP contribution in [-0.4, -0.2) is 22.7 Å². The number of nitrogens with zero attached hydrogens (tertiary/aromatic N) is 1. The Labute approximate surface area is 125 Å². The fraction of sp³-hybridized carbons (Fsp3) is 0.125. The van der Waals surface area contributed by atoms with Crippen molar-refractivity contribution in [3.05, 3.63) is 48.0 Å². The molecule has 0 atom stereocenters. The van der Waals surface area contributed by atoms with E-state index in [9.17, 15) is 4.79 Å². The van der Waals surface area contributed by atoms with E-state index in [0.29, 0.717) is 11.3 Å². The van der Waals surface area contributed by atoms with E-state index in [0.717, 1.165) is 15.3 Å². The zero-order valence-corrected chi connectivity index (χ0v) is 12.2. The molecule has 3 aromatic rings. The molecule has 0 fully saturated rings.